The van der Waals surface area contributed by atoms with Gasteiger partial charge >= 0.3 is 11.9 Å². The molecule has 6 nitrogen and oxygen atoms in total. The summed E-state index contributed by atoms with van der Waals surface area (Å²) in [5, 5.41) is 8.88. The van der Waals surface area contributed by atoms with Gasteiger partial charge in [0.15, 0.2) is 0 Å². The molecule has 0 amide bonds. The van der Waals surface area contributed by atoms with Crippen molar-refractivity contribution < 1.29 is 28.9 Å². The zero-order valence-corrected chi connectivity index (χ0v) is 16.6. The van der Waals surface area contributed by atoms with Crippen molar-refractivity contribution in [1.82, 2.24) is 0 Å². The van der Waals surface area contributed by atoms with Crippen molar-refractivity contribution in [2.75, 3.05) is 6.61 Å². The number of esters is 2. The lowest BCUT2D eigenvalue weighted by Gasteiger charge is -2.18. The maximum absolute atomic E-state index is 12.3. The van der Waals surface area contributed by atoms with Gasteiger partial charge in [-0.3, -0.25) is 0 Å². The molecule has 1 aliphatic rings. The zero-order chi connectivity index (χ0) is 20.3. The second kappa shape index (κ2) is 8.68. The van der Waals surface area contributed by atoms with Crippen LogP contribution < -0.4 is 0 Å². The number of alkyl halides is 1. The Kier molecular flexibility index (Phi) is 6.47. The number of carbonyl (C=O) groups excluding carboxylic acids is 2. The third-order valence-corrected chi connectivity index (χ3v) is 4.74. The zero-order valence-electron chi connectivity index (χ0n) is 14.3. The van der Waals surface area contributed by atoms with Crippen LogP contribution in [0, 0.1) is 0 Å². The van der Waals surface area contributed by atoms with Crippen LogP contribution in [0.1, 0.15) is 27.1 Å². The van der Waals surface area contributed by atoms with Gasteiger partial charge in [-0.2, -0.15) is 0 Å². The van der Waals surface area contributed by atoms with E-state index in [0.717, 1.165) is 0 Å². The lowest BCUT2D eigenvalue weighted by atomic mass is 10.1. The predicted octanol–water partition coefficient (Wildman–Crippen LogP) is 4.05. The molecule has 1 N–H and O–H groups in total. The van der Waals surface area contributed by atoms with Crippen molar-refractivity contribution in [3.05, 3.63) is 69.7 Å². The summed E-state index contributed by atoms with van der Waals surface area (Å²) in [4.78, 5) is 24.4. The van der Waals surface area contributed by atoms with E-state index in [4.69, 9.17) is 49.0 Å². The number of aliphatic hydroxyl groups is 1. The topological polar surface area (TPSA) is 82.1 Å². The molecule has 0 saturated carbocycles. The van der Waals surface area contributed by atoms with E-state index in [-0.39, 0.29) is 18.6 Å². The molecule has 28 heavy (non-hydrogen) atoms. The second-order valence-electron chi connectivity index (χ2n) is 6.11. The van der Waals surface area contributed by atoms with Crippen LogP contribution in [0.25, 0.3) is 0 Å². The molecular formula is C19H15Cl3O6. The Morgan fingerprint density at radius 3 is 2.04 bits per heavy atom. The van der Waals surface area contributed by atoms with Crippen LogP contribution in [0.3, 0.4) is 0 Å². The summed E-state index contributed by atoms with van der Waals surface area (Å²) in [5.41, 5.74) is 0.560. The maximum atomic E-state index is 12.3. The van der Waals surface area contributed by atoms with Crippen LogP contribution in [0.5, 0.6) is 0 Å². The molecule has 1 unspecified atom stereocenters. The van der Waals surface area contributed by atoms with E-state index in [0.29, 0.717) is 15.6 Å². The van der Waals surface area contributed by atoms with Gasteiger partial charge in [0.05, 0.1) is 17.5 Å². The fourth-order valence-electron chi connectivity index (χ4n) is 2.61. The molecule has 2 aromatic carbocycles. The number of carbonyl (C=O) groups is 2. The van der Waals surface area contributed by atoms with Gasteiger partial charge < -0.3 is 19.3 Å². The van der Waals surface area contributed by atoms with Gasteiger partial charge in [-0.25, -0.2) is 9.59 Å². The van der Waals surface area contributed by atoms with Gasteiger partial charge in [-0.15, -0.1) is 0 Å². The first-order valence-corrected chi connectivity index (χ1v) is 9.35. The molecule has 1 aliphatic heterocycles. The monoisotopic (exact) mass is 444 g/mol. The molecule has 1 heterocycles. The maximum Gasteiger partial charge on any atom is 0.338 e. The van der Waals surface area contributed by atoms with E-state index < -0.39 is 29.4 Å². The van der Waals surface area contributed by atoms with E-state index in [1.165, 1.54) is 24.3 Å². The van der Waals surface area contributed by atoms with Crippen LogP contribution in [-0.2, 0) is 14.2 Å². The Morgan fingerprint density at radius 2 is 1.50 bits per heavy atom. The summed E-state index contributed by atoms with van der Waals surface area (Å²) < 4.78 is 15.8. The number of halogens is 3. The standard InChI is InChI=1S/C19H15Cl3O6/c20-13-5-1-11(2-6-13)17(23)26-10-16-15(9-19(22,25)28-16)27-18(24)12-3-7-14(21)8-4-12/h1-8,15-16,25H,9-10H2/t15-,16+,19?/m0/s1. The van der Waals surface area contributed by atoms with Gasteiger partial charge in [-0.1, -0.05) is 34.8 Å². The van der Waals surface area contributed by atoms with E-state index in [1.807, 2.05) is 0 Å². The Balaban J connectivity index is 1.63. The lowest BCUT2D eigenvalue weighted by Crippen LogP contribution is -2.32. The van der Waals surface area contributed by atoms with Crippen LogP contribution in [0.2, 0.25) is 10.0 Å². The predicted molar refractivity (Wildman–Crippen MR) is 103 cm³/mol. The Hall–Kier alpha value is -1.83. The van der Waals surface area contributed by atoms with Gasteiger partial charge in [0.25, 0.3) is 0 Å². The van der Waals surface area contributed by atoms with Crippen LogP contribution in [0.15, 0.2) is 48.5 Å². The molecule has 3 atom stereocenters. The Bertz CT molecular complexity index is 851. The van der Waals surface area contributed by atoms with Gasteiger partial charge in [0.1, 0.15) is 18.8 Å². The van der Waals surface area contributed by atoms with Crippen molar-refractivity contribution in [3.63, 3.8) is 0 Å². The molecule has 2 aromatic rings. The fourth-order valence-corrected chi connectivity index (χ4v) is 3.13. The molecule has 3 rings (SSSR count). The quantitative estimate of drug-likeness (QED) is 0.552. The van der Waals surface area contributed by atoms with Crippen molar-refractivity contribution in [1.29, 1.82) is 0 Å². The minimum Gasteiger partial charge on any atom is -0.459 e. The highest BCUT2D eigenvalue weighted by Crippen LogP contribution is 2.34. The van der Waals surface area contributed by atoms with Crippen LogP contribution in [-0.4, -0.2) is 41.1 Å². The highest BCUT2D eigenvalue weighted by Gasteiger charge is 2.47. The average molecular weight is 446 g/mol. The normalized spacial score (nSPS) is 24.0. The molecule has 1 saturated heterocycles. The molecule has 1 fully saturated rings. The third kappa shape index (κ3) is 5.37. The number of ether oxygens (including phenoxy) is 3. The van der Waals surface area contributed by atoms with E-state index >= 15 is 0 Å². The number of hydrogen-bond donors (Lipinski definition) is 1. The van der Waals surface area contributed by atoms with Crippen molar-refractivity contribution in [3.8, 4) is 0 Å². The molecule has 148 valence electrons. The SMILES string of the molecule is O=C(OC[C@H]1OC(O)(Cl)C[C@@H]1OC(=O)c1ccc(Cl)cc1)c1ccc(Cl)cc1. The molecule has 0 aromatic heterocycles. The largest absolute Gasteiger partial charge is 0.459 e. The van der Waals surface area contributed by atoms with Crippen LogP contribution >= 0.6 is 34.8 Å². The van der Waals surface area contributed by atoms with E-state index in [2.05, 4.69) is 0 Å². The molecule has 0 bridgehead atoms. The Morgan fingerprint density at radius 1 is 1.00 bits per heavy atom. The first-order chi connectivity index (χ1) is 13.2. The summed E-state index contributed by atoms with van der Waals surface area (Å²) in [5.74, 6) is -1.26. The highest BCUT2D eigenvalue weighted by atomic mass is 35.5. The summed E-state index contributed by atoms with van der Waals surface area (Å²) in [6.07, 6.45) is -2.03. The summed E-state index contributed by atoms with van der Waals surface area (Å²) in [6.45, 7) is -0.269. The lowest BCUT2D eigenvalue weighted by molar-refractivity contribution is -0.140. The molecule has 0 radical (unpaired) electrons. The number of hydrogen-bond acceptors (Lipinski definition) is 6. The minimum absolute atomic E-state index is 0.183. The van der Waals surface area contributed by atoms with E-state index in [1.54, 1.807) is 24.3 Å². The second-order valence-corrected chi connectivity index (χ2v) is 7.57. The Labute approximate surface area is 175 Å². The molecule has 0 spiro atoms. The third-order valence-electron chi connectivity index (χ3n) is 4.00. The smallest absolute Gasteiger partial charge is 0.338 e. The van der Waals surface area contributed by atoms with Crippen molar-refractivity contribution in [2.45, 2.75) is 23.9 Å². The highest BCUT2D eigenvalue weighted by molar-refractivity contribution is 6.31. The minimum atomic E-state index is -2.03. The number of benzene rings is 2. The van der Waals surface area contributed by atoms with Gasteiger partial charge in [-0.05, 0) is 48.5 Å². The van der Waals surface area contributed by atoms with Crippen molar-refractivity contribution >= 4 is 46.7 Å². The summed E-state index contributed by atoms with van der Waals surface area (Å²) >= 11 is 17.4. The van der Waals surface area contributed by atoms with Gasteiger partial charge in [0.2, 0.25) is 5.25 Å². The summed E-state index contributed by atoms with van der Waals surface area (Å²) in [7, 11) is 0. The first kappa shape index (κ1) is 20.9. The fraction of sp³-hybridized carbons (Fsp3) is 0.263. The van der Waals surface area contributed by atoms with Gasteiger partial charge in [0, 0.05) is 10.0 Å². The summed E-state index contributed by atoms with van der Waals surface area (Å²) in [6, 6.07) is 12.2. The average Bonchev–Trinajstić information content (AvgIpc) is 2.94. The van der Waals surface area contributed by atoms with Crippen molar-refractivity contribution in [2.24, 2.45) is 0 Å². The first-order valence-electron chi connectivity index (χ1n) is 8.22. The molecule has 9 heteroatoms. The van der Waals surface area contributed by atoms with E-state index in [9.17, 15) is 14.7 Å². The number of rotatable bonds is 5. The molecular weight excluding hydrogens is 431 g/mol. The molecule has 0 aliphatic carbocycles. The van der Waals surface area contributed by atoms with Crippen LogP contribution in [0.4, 0.5) is 0 Å².